The third-order valence-corrected chi connectivity index (χ3v) is 5.17. The Labute approximate surface area is 168 Å². The van der Waals surface area contributed by atoms with Gasteiger partial charge in [-0.1, -0.05) is 66.7 Å². The third kappa shape index (κ3) is 5.52. The number of hydrogen-bond donors (Lipinski definition) is 1. The number of anilines is 1. The molecule has 3 rings (SSSR count). The summed E-state index contributed by atoms with van der Waals surface area (Å²) in [4.78, 5) is 14.9. The zero-order valence-electron chi connectivity index (χ0n) is 14.9. The van der Waals surface area contributed by atoms with E-state index in [2.05, 4.69) is 5.32 Å². The van der Waals surface area contributed by atoms with Gasteiger partial charge in [0, 0.05) is 14.8 Å². The lowest BCUT2D eigenvalue weighted by atomic mass is 10.2. The quantitative estimate of drug-likeness (QED) is 0.509. The first-order chi connectivity index (χ1) is 13.2. The van der Waals surface area contributed by atoms with Crippen molar-refractivity contribution in [3.63, 3.8) is 0 Å². The van der Waals surface area contributed by atoms with Crippen molar-refractivity contribution in [1.29, 1.82) is 0 Å². The van der Waals surface area contributed by atoms with Crippen molar-refractivity contribution in [3.8, 4) is 5.75 Å². The zero-order valence-corrected chi connectivity index (χ0v) is 16.5. The number of halogens is 1. The molecule has 0 aliphatic heterocycles. The fourth-order valence-corrected chi connectivity index (χ4v) is 3.62. The Morgan fingerprint density at radius 2 is 1.78 bits per heavy atom. The third-order valence-electron chi connectivity index (χ3n) is 3.85. The number of nitrogens with one attached hydrogen (secondary N) is 1. The van der Waals surface area contributed by atoms with Crippen LogP contribution in [-0.4, -0.2) is 12.0 Å². The van der Waals surface area contributed by atoms with Gasteiger partial charge in [0.05, 0.1) is 5.69 Å². The summed E-state index contributed by atoms with van der Waals surface area (Å²) in [5, 5.41) is 3.58. The normalized spacial score (nSPS) is 11.6. The molecule has 0 fully saturated rings. The smallest absolute Gasteiger partial charge is 0.265 e. The van der Waals surface area contributed by atoms with Gasteiger partial charge in [0.2, 0.25) is 0 Å². The fourth-order valence-electron chi connectivity index (χ4n) is 2.51. The highest BCUT2D eigenvalue weighted by atomic mass is 35.5. The first-order valence-electron chi connectivity index (χ1n) is 8.70. The topological polar surface area (TPSA) is 38.3 Å². The molecule has 0 heterocycles. The number of ether oxygens (including phenoxy) is 1. The van der Waals surface area contributed by atoms with Crippen LogP contribution in [0.2, 0.25) is 5.02 Å². The van der Waals surface area contributed by atoms with Crippen molar-refractivity contribution in [2.75, 3.05) is 5.32 Å². The van der Waals surface area contributed by atoms with Gasteiger partial charge in [0.15, 0.2) is 6.10 Å². The summed E-state index contributed by atoms with van der Waals surface area (Å²) in [6, 6.07) is 24.9. The highest BCUT2D eigenvalue weighted by molar-refractivity contribution is 7.99. The van der Waals surface area contributed by atoms with Crippen molar-refractivity contribution in [2.24, 2.45) is 0 Å². The van der Waals surface area contributed by atoms with Gasteiger partial charge in [-0.3, -0.25) is 4.79 Å². The SMILES string of the molecule is CC[C@@H](Oc1cccc(Cl)c1)C(=O)Nc1ccccc1Sc1ccccc1. The summed E-state index contributed by atoms with van der Waals surface area (Å²) in [6.07, 6.45) is -0.0509. The van der Waals surface area contributed by atoms with E-state index < -0.39 is 6.10 Å². The van der Waals surface area contributed by atoms with Crippen LogP contribution in [0.3, 0.4) is 0 Å². The van der Waals surface area contributed by atoms with Crippen LogP contribution in [0.15, 0.2) is 88.7 Å². The number of hydrogen-bond acceptors (Lipinski definition) is 3. The molecule has 3 aromatic carbocycles. The molecule has 0 unspecified atom stereocenters. The maximum atomic E-state index is 12.8. The van der Waals surface area contributed by atoms with E-state index in [-0.39, 0.29) is 5.91 Å². The molecule has 3 nitrogen and oxygen atoms in total. The number of benzene rings is 3. The molecule has 27 heavy (non-hydrogen) atoms. The fraction of sp³-hybridized carbons (Fsp3) is 0.136. The maximum Gasteiger partial charge on any atom is 0.265 e. The number of carbonyl (C=O) groups is 1. The first-order valence-corrected chi connectivity index (χ1v) is 9.90. The second-order valence-electron chi connectivity index (χ2n) is 5.87. The van der Waals surface area contributed by atoms with Crippen LogP contribution < -0.4 is 10.1 Å². The highest BCUT2D eigenvalue weighted by Gasteiger charge is 2.20. The number of carbonyl (C=O) groups excluding carboxylic acids is 1. The molecule has 1 amide bonds. The van der Waals surface area contributed by atoms with Crippen molar-refractivity contribution >= 4 is 35.0 Å². The van der Waals surface area contributed by atoms with E-state index in [1.807, 2.05) is 61.5 Å². The Kier molecular flexibility index (Phi) is 6.80. The Bertz CT molecular complexity index is 902. The lowest BCUT2D eigenvalue weighted by Gasteiger charge is -2.18. The van der Waals surface area contributed by atoms with Gasteiger partial charge in [-0.2, -0.15) is 0 Å². The Morgan fingerprint density at radius 1 is 1.04 bits per heavy atom. The lowest BCUT2D eigenvalue weighted by Crippen LogP contribution is -2.32. The second kappa shape index (κ2) is 9.49. The predicted octanol–water partition coefficient (Wildman–Crippen LogP) is 6.29. The maximum absolute atomic E-state index is 12.8. The van der Waals surface area contributed by atoms with E-state index in [0.29, 0.717) is 17.2 Å². The summed E-state index contributed by atoms with van der Waals surface area (Å²) in [6.45, 7) is 1.92. The molecule has 0 aliphatic carbocycles. The molecule has 0 spiro atoms. The van der Waals surface area contributed by atoms with Gasteiger partial charge >= 0.3 is 0 Å². The monoisotopic (exact) mass is 397 g/mol. The molecule has 0 saturated heterocycles. The van der Waals surface area contributed by atoms with Gasteiger partial charge in [-0.15, -0.1) is 0 Å². The van der Waals surface area contributed by atoms with Crippen LogP contribution in [-0.2, 0) is 4.79 Å². The van der Waals surface area contributed by atoms with E-state index in [4.69, 9.17) is 16.3 Å². The van der Waals surface area contributed by atoms with Crippen LogP contribution in [0.1, 0.15) is 13.3 Å². The molecule has 0 aromatic heterocycles. The van der Waals surface area contributed by atoms with Crippen molar-refractivity contribution < 1.29 is 9.53 Å². The van der Waals surface area contributed by atoms with E-state index in [9.17, 15) is 4.79 Å². The molecule has 0 radical (unpaired) electrons. The van der Waals surface area contributed by atoms with Crippen LogP contribution in [0.5, 0.6) is 5.75 Å². The van der Waals surface area contributed by atoms with Gasteiger partial charge in [0.25, 0.3) is 5.91 Å². The van der Waals surface area contributed by atoms with Crippen molar-refractivity contribution in [1.82, 2.24) is 0 Å². The van der Waals surface area contributed by atoms with Crippen LogP contribution in [0.25, 0.3) is 0 Å². The number of amides is 1. The number of para-hydroxylation sites is 1. The standard InChI is InChI=1S/C22H20ClNO2S/c1-2-20(26-17-10-8-9-16(23)15-17)22(25)24-19-13-6-7-14-21(19)27-18-11-4-3-5-12-18/h3-15,20H,2H2,1H3,(H,24,25)/t20-/m1/s1. The van der Waals surface area contributed by atoms with Gasteiger partial charge < -0.3 is 10.1 Å². The van der Waals surface area contributed by atoms with E-state index in [1.165, 1.54) is 0 Å². The van der Waals surface area contributed by atoms with Crippen LogP contribution >= 0.6 is 23.4 Å². The van der Waals surface area contributed by atoms with Crippen LogP contribution in [0.4, 0.5) is 5.69 Å². The molecule has 1 N–H and O–H groups in total. The van der Waals surface area contributed by atoms with Crippen molar-refractivity contribution in [2.45, 2.75) is 29.2 Å². The summed E-state index contributed by atoms with van der Waals surface area (Å²) >= 11 is 7.60. The summed E-state index contributed by atoms with van der Waals surface area (Å²) in [5.74, 6) is 0.398. The molecule has 0 bridgehead atoms. The summed E-state index contributed by atoms with van der Waals surface area (Å²) in [5.41, 5.74) is 0.768. The average molecular weight is 398 g/mol. The largest absolute Gasteiger partial charge is 0.481 e. The molecule has 0 aliphatic rings. The van der Waals surface area contributed by atoms with E-state index >= 15 is 0 Å². The Balaban J connectivity index is 1.72. The summed E-state index contributed by atoms with van der Waals surface area (Å²) < 4.78 is 5.83. The minimum Gasteiger partial charge on any atom is -0.481 e. The Hall–Kier alpha value is -2.43. The predicted molar refractivity (Wildman–Crippen MR) is 112 cm³/mol. The van der Waals surface area contributed by atoms with E-state index in [0.717, 1.165) is 15.5 Å². The second-order valence-corrected chi connectivity index (χ2v) is 7.42. The molecular weight excluding hydrogens is 378 g/mol. The zero-order chi connectivity index (χ0) is 19.1. The van der Waals surface area contributed by atoms with E-state index in [1.54, 1.807) is 36.0 Å². The molecule has 138 valence electrons. The highest BCUT2D eigenvalue weighted by Crippen LogP contribution is 2.33. The molecule has 1 atom stereocenters. The molecule has 5 heteroatoms. The minimum atomic E-state index is -0.599. The van der Waals surface area contributed by atoms with Crippen molar-refractivity contribution in [3.05, 3.63) is 83.9 Å². The Morgan fingerprint density at radius 3 is 2.52 bits per heavy atom. The van der Waals surface area contributed by atoms with Gasteiger partial charge in [0.1, 0.15) is 5.75 Å². The lowest BCUT2D eigenvalue weighted by molar-refractivity contribution is -0.122. The minimum absolute atomic E-state index is 0.182. The summed E-state index contributed by atoms with van der Waals surface area (Å²) in [7, 11) is 0. The average Bonchev–Trinajstić information content (AvgIpc) is 2.68. The molecule has 3 aromatic rings. The number of rotatable bonds is 7. The van der Waals surface area contributed by atoms with Gasteiger partial charge in [-0.05, 0) is 48.9 Å². The molecule has 0 saturated carbocycles. The van der Waals surface area contributed by atoms with Gasteiger partial charge in [-0.25, -0.2) is 0 Å². The molecular formula is C22H20ClNO2S. The first kappa shape index (κ1) is 19.3. The van der Waals surface area contributed by atoms with Crippen LogP contribution in [0, 0.1) is 0 Å².